The molecule has 3 N–H and O–H groups in total. The SMILES string of the molecule is C/C(=C/COP(=O)(O)OP(=O)(O)O)CC[C@@H]1[C+](C)[C@@H](C)[C@H](C)C1(C)C. The summed E-state index contributed by atoms with van der Waals surface area (Å²) < 4.78 is 30.2. The standard InChI is InChI=1S/C16H30O7P2/c1-11(9-10-22-25(20,21)23-24(17,18)19)7-8-15-13(3)12(2)14(4)16(15,5)6/h9,12,14-15H,7-8,10H2,1-6H3,(H2-,17,18,19,20,21)/p+1/b11-9-/t12-,14+,15-/m1/s1. The van der Waals surface area contributed by atoms with Gasteiger partial charge < -0.3 is 14.7 Å². The fourth-order valence-electron chi connectivity index (χ4n) is 3.77. The number of allylic oxidation sites excluding steroid dienone is 1. The number of hydrogen-bond donors (Lipinski definition) is 3. The Morgan fingerprint density at radius 2 is 1.80 bits per heavy atom. The fraction of sp³-hybridized carbons (Fsp3) is 0.812. The lowest BCUT2D eigenvalue weighted by Gasteiger charge is -2.27. The summed E-state index contributed by atoms with van der Waals surface area (Å²) in [6, 6.07) is 0. The summed E-state index contributed by atoms with van der Waals surface area (Å²) in [7, 11) is -9.84. The molecule has 0 spiro atoms. The molecule has 1 fully saturated rings. The van der Waals surface area contributed by atoms with E-state index >= 15 is 0 Å². The minimum atomic E-state index is -5.07. The van der Waals surface area contributed by atoms with Crippen molar-refractivity contribution in [1.82, 2.24) is 0 Å². The van der Waals surface area contributed by atoms with Crippen LogP contribution in [0.1, 0.15) is 54.4 Å². The molecule has 0 radical (unpaired) electrons. The van der Waals surface area contributed by atoms with Crippen molar-refractivity contribution < 1.29 is 32.6 Å². The highest BCUT2D eigenvalue weighted by molar-refractivity contribution is 7.60. The van der Waals surface area contributed by atoms with Crippen LogP contribution >= 0.6 is 15.6 Å². The van der Waals surface area contributed by atoms with E-state index in [9.17, 15) is 14.0 Å². The van der Waals surface area contributed by atoms with Gasteiger partial charge in [0.25, 0.3) is 0 Å². The average molecular weight is 397 g/mol. The minimum absolute atomic E-state index is 0.234. The molecule has 0 amide bonds. The Morgan fingerprint density at radius 3 is 2.24 bits per heavy atom. The van der Waals surface area contributed by atoms with E-state index in [4.69, 9.17) is 9.79 Å². The Hall–Kier alpha value is -0.130. The monoisotopic (exact) mass is 397 g/mol. The number of rotatable bonds is 8. The molecule has 1 unspecified atom stereocenters. The third-order valence-corrected chi connectivity index (χ3v) is 7.95. The molecule has 0 aromatic rings. The van der Waals surface area contributed by atoms with E-state index in [1.807, 2.05) is 6.92 Å². The summed E-state index contributed by atoms with van der Waals surface area (Å²) in [5.74, 6) is 3.26. The third kappa shape index (κ3) is 6.51. The van der Waals surface area contributed by atoms with Crippen LogP contribution in [0.25, 0.3) is 0 Å². The van der Waals surface area contributed by atoms with Crippen LogP contribution in [0.15, 0.2) is 11.6 Å². The van der Waals surface area contributed by atoms with Crippen LogP contribution in [0.2, 0.25) is 0 Å². The molecule has 1 saturated carbocycles. The molecular weight excluding hydrogens is 366 g/mol. The second kappa shape index (κ2) is 8.26. The molecule has 0 aromatic heterocycles. The van der Waals surface area contributed by atoms with Crippen LogP contribution in [0, 0.1) is 29.1 Å². The molecule has 9 heteroatoms. The highest BCUT2D eigenvalue weighted by Crippen LogP contribution is 2.58. The van der Waals surface area contributed by atoms with Gasteiger partial charge in [0.05, 0.1) is 19.4 Å². The van der Waals surface area contributed by atoms with Gasteiger partial charge in [0.1, 0.15) is 11.8 Å². The molecule has 1 rings (SSSR count). The van der Waals surface area contributed by atoms with E-state index in [-0.39, 0.29) is 12.0 Å². The maximum Gasteiger partial charge on any atom is 0.481 e. The lowest BCUT2D eigenvalue weighted by Crippen LogP contribution is -2.25. The molecule has 0 heterocycles. The summed E-state index contributed by atoms with van der Waals surface area (Å²) in [5, 5.41) is 0. The molecule has 0 saturated heterocycles. The van der Waals surface area contributed by atoms with Crippen LogP contribution in [0.3, 0.4) is 0 Å². The predicted octanol–water partition coefficient (Wildman–Crippen LogP) is 4.46. The molecule has 0 aromatic carbocycles. The van der Waals surface area contributed by atoms with Gasteiger partial charge in [-0.25, -0.2) is 9.13 Å². The fourth-order valence-corrected chi connectivity index (χ4v) is 5.29. The summed E-state index contributed by atoms with van der Waals surface area (Å²) >= 11 is 0. The van der Waals surface area contributed by atoms with Gasteiger partial charge >= 0.3 is 15.6 Å². The van der Waals surface area contributed by atoms with Crippen molar-refractivity contribution in [2.24, 2.45) is 23.2 Å². The zero-order valence-electron chi connectivity index (χ0n) is 15.8. The molecule has 4 atom stereocenters. The van der Waals surface area contributed by atoms with E-state index in [1.54, 1.807) is 6.08 Å². The van der Waals surface area contributed by atoms with Crippen molar-refractivity contribution in [2.45, 2.75) is 54.4 Å². The van der Waals surface area contributed by atoms with Crippen LogP contribution in [-0.2, 0) is 18.0 Å². The lowest BCUT2D eigenvalue weighted by atomic mass is 9.72. The van der Waals surface area contributed by atoms with E-state index < -0.39 is 15.6 Å². The first kappa shape index (κ1) is 22.9. The van der Waals surface area contributed by atoms with E-state index in [2.05, 4.69) is 43.5 Å². The highest BCUT2D eigenvalue weighted by atomic mass is 31.3. The number of phosphoric acid groups is 2. The van der Waals surface area contributed by atoms with Crippen molar-refractivity contribution in [3.8, 4) is 0 Å². The predicted molar refractivity (Wildman–Crippen MR) is 96.4 cm³/mol. The van der Waals surface area contributed by atoms with E-state index in [0.717, 1.165) is 18.4 Å². The van der Waals surface area contributed by atoms with Crippen molar-refractivity contribution in [1.29, 1.82) is 0 Å². The first-order valence-corrected chi connectivity index (χ1v) is 11.4. The van der Waals surface area contributed by atoms with Crippen LogP contribution in [0.4, 0.5) is 0 Å². The maximum absolute atomic E-state index is 11.4. The summed E-state index contributed by atoms with van der Waals surface area (Å²) in [6.45, 7) is 13.1. The molecule has 0 aliphatic heterocycles. The van der Waals surface area contributed by atoms with Gasteiger partial charge in [-0.1, -0.05) is 32.4 Å². The van der Waals surface area contributed by atoms with Crippen LogP contribution < -0.4 is 0 Å². The van der Waals surface area contributed by atoms with Gasteiger partial charge in [0.2, 0.25) is 0 Å². The zero-order valence-corrected chi connectivity index (χ0v) is 17.6. The quantitative estimate of drug-likeness (QED) is 0.315. The number of phosphoric ester groups is 1. The Balaban J connectivity index is 2.54. The summed E-state index contributed by atoms with van der Waals surface area (Å²) in [5.41, 5.74) is 1.23. The first-order chi connectivity index (χ1) is 11.2. The Labute approximate surface area is 150 Å². The average Bonchev–Trinajstić information content (AvgIpc) is 2.55. The third-order valence-electron chi connectivity index (χ3n) is 5.80. The van der Waals surface area contributed by atoms with Gasteiger partial charge in [-0.2, -0.15) is 4.31 Å². The normalized spacial score (nSPS) is 29.7. The van der Waals surface area contributed by atoms with Gasteiger partial charge in [-0.3, -0.25) is 4.52 Å². The minimum Gasteiger partial charge on any atom is -0.302 e. The topological polar surface area (TPSA) is 113 Å². The second-order valence-corrected chi connectivity index (χ2v) is 10.5. The molecule has 1 aliphatic rings. The largest absolute Gasteiger partial charge is 0.481 e. The Morgan fingerprint density at radius 1 is 1.24 bits per heavy atom. The molecule has 1 aliphatic carbocycles. The van der Waals surface area contributed by atoms with Crippen molar-refractivity contribution in [3.63, 3.8) is 0 Å². The molecule has 146 valence electrons. The first-order valence-electron chi connectivity index (χ1n) is 8.40. The smallest absolute Gasteiger partial charge is 0.302 e. The number of hydrogen-bond acceptors (Lipinski definition) is 4. The van der Waals surface area contributed by atoms with Crippen molar-refractivity contribution >= 4 is 15.6 Å². The van der Waals surface area contributed by atoms with Crippen LogP contribution in [0.5, 0.6) is 0 Å². The summed E-state index contributed by atoms with van der Waals surface area (Å²) in [4.78, 5) is 26.3. The van der Waals surface area contributed by atoms with Gasteiger partial charge in [0.15, 0.2) is 0 Å². The van der Waals surface area contributed by atoms with Crippen molar-refractivity contribution in [2.75, 3.05) is 6.61 Å². The molecular formula is C16H31O7P2+. The van der Waals surface area contributed by atoms with E-state index in [1.165, 1.54) is 5.92 Å². The molecule has 0 bridgehead atoms. The highest BCUT2D eigenvalue weighted by Gasteiger charge is 2.57. The second-order valence-electron chi connectivity index (χ2n) is 7.62. The summed E-state index contributed by atoms with van der Waals surface area (Å²) in [6.07, 6.45) is 3.45. The zero-order chi connectivity index (χ0) is 19.6. The van der Waals surface area contributed by atoms with Crippen molar-refractivity contribution in [3.05, 3.63) is 17.6 Å². The Bertz CT molecular complexity index is 581. The van der Waals surface area contributed by atoms with Gasteiger partial charge in [-0.05, 0) is 26.7 Å². The molecule has 7 nitrogen and oxygen atoms in total. The Kier molecular flexibility index (Phi) is 7.57. The maximum atomic E-state index is 11.4. The van der Waals surface area contributed by atoms with Gasteiger partial charge in [-0.15, -0.1) is 0 Å². The van der Waals surface area contributed by atoms with E-state index in [0.29, 0.717) is 17.8 Å². The van der Waals surface area contributed by atoms with Gasteiger partial charge in [0, 0.05) is 11.3 Å². The lowest BCUT2D eigenvalue weighted by molar-refractivity contribution is 0.181. The molecule has 25 heavy (non-hydrogen) atoms. The van der Waals surface area contributed by atoms with Crippen LogP contribution in [-0.4, -0.2) is 21.3 Å².